The van der Waals surface area contributed by atoms with Crippen molar-refractivity contribution in [1.29, 1.82) is 0 Å². The SMILES string of the molecule is COc1ccc(S(=O)(=O)N2CCC(CCO)C2)cc1F. The average Bonchev–Trinajstić information content (AvgIpc) is 2.88. The van der Waals surface area contributed by atoms with Gasteiger partial charge >= 0.3 is 0 Å². The van der Waals surface area contributed by atoms with Gasteiger partial charge in [0.2, 0.25) is 10.0 Å². The van der Waals surface area contributed by atoms with Crippen molar-refractivity contribution in [3.63, 3.8) is 0 Å². The van der Waals surface area contributed by atoms with Crippen molar-refractivity contribution >= 4 is 10.0 Å². The van der Waals surface area contributed by atoms with Crippen LogP contribution >= 0.6 is 0 Å². The number of nitrogens with zero attached hydrogens (tertiary/aromatic N) is 1. The van der Waals surface area contributed by atoms with E-state index in [1.165, 1.54) is 23.5 Å². The Morgan fingerprint density at radius 3 is 2.85 bits per heavy atom. The molecule has 1 N–H and O–H groups in total. The summed E-state index contributed by atoms with van der Waals surface area (Å²) in [5.41, 5.74) is 0. The molecule has 20 heavy (non-hydrogen) atoms. The van der Waals surface area contributed by atoms with Crippen molar-refractivity contribution in [2.75, 3.05) is 26.8 Å². The molecule has 0 aliphatic carbocycles. The summed E-state index contributed by atoms with van der Waals surface area (Å²) in [6.45, 7) is 0.826. The zero-order valence-corrected chi connectivity index (χ0v) is 12.1. The highest BCUT2D eigenvalue weighted by atomic mass is 32.2. The molecule has 5 nitrogen and oxygen atoms in total. The van der Waals surface area contributed by atoms with Crippen molar-refractivity contribution in [1.82, 2.24) is 4.31 Å². The Balaban J connectivity index is 2.21. The molecule has 1 fully saturated rings. The molecule has 1 unspecified atom stereocenters. The first-order valence-electron chi connectivity index (χ1n) is 6.43. The topological polar surface area (TPSA) is 66.8 Å². The molecular formula is C13H18FNO4S. The van der Waals surface area contributed by atoms with E-state index in [4.69, 9.17) is 9.84 Å². The van der Waals surface area contributed by atoms with Gasteiger partial charge in [0.25, 0.3) is 0 Å². The first-order chi connectivity index (χ1) is 9.48. The van der Waals surface area contributed by atoms with Crippen molar-refractivity contribution in [2.45, 2.75) is 17.7 Å². The van der Waals surface area contributed by atoms with E-state index in [2.05, 4.69) is 0 Å². The Labute approximate surface area is 118 Å². The first-order valence-corrected chi connectivity index (χ1v) is 7.87. The van der Waals surface area contributed by atoms with E-state index >= 15 is 0 Å². The zero-order chi connectivity index (χ0) is 14.8. The second kappa shape index (κ2) is 6.07. The third-order valence-corrected chi connectivity index (χ3v) is 5.41. The summed E-state index contributed by atoms with van der Waals surface area (Å²) in [5, 5.41) is 8.90. The summed E-state index contributed by atoms with van der Waals surface area (Å²) < 4.78 is 44.5. The van der Waals surface area contributed by atoms with Crippen LogP contribution in [0.25, 0.3) is 0 Å². The van der Waals surface area contributed by atoms with E-state index in [1.807, 2.05) is 0 Å². The van der Waals surface area contributed by atoms with Crippen LogP contribution in [-0.4, -0.2) is 44.6 Å². The van der Waals surface area contributed by atoms with Crippen molar-refractivity contribution in [3.05, 3.63) is 24.0 Å². The third kappa shape index (κ3) is 2.94. The summed E-state index contributed by atoms with van der Waals surface area (Å²) in [6, 6.07) is 3.63. The standard InChI is InChI=1S/C13H18FNO4S/c1-19-13-3-2-11(8-12(13)14)20(17,18)15-6-4-10(9-15)5-7-16/h2-3,8,10,16H,4-7,9H2,1H3. The highest BCUT2D eigenvalue weighted by Crippen LogP contribution is 2.28. The Morgan fingerprint density at radius 2 is 2.25 bits per heavy atom. The van der Waals surface area contributed by atoms with Gasteiger partial charge in [-0.05, 0) is 37.0 Å². The molecule has 2 rings (SSSR count). The molecule has 0 amide bonds. The number of methoxy groups -OCH3 is 1. The van der Waals surface area contributed by atoms with Gasteiger partial charge in [-0.25, -0.2) is 12.8 Å². The van der Waals surface area contributed by atoms with Crippen LogP contribution < -0.4 is 4.74 Å². The number of hydrogen-bond acceptors (Lipinski definition) is 4. The van der Waals surface area contributed by atoms with Gasteiger partial charge in [-0.3, -0.25) is 0 Å². The molecule has 1 aromatic rings. The Hall–Kier alpha value is -1.18. The van der Waals surface area contributed by atoms with Crippen LogP contribution in [0.4, 0.5) is 4.39 Å². The average molecular weight is 303 g/mol. The van der Waals surface area contributed by atoms with Gasteiger partial charge in [0, 0.05) is 19.7 Å². The lowest BCUT2D eigenvalue weighted by molar-refractivity contribution is 0.259. The number of hydrogen-bond donors (Lipinski definition) is 1. The monoisotopic (exact) mass is 303 g/mol. The van der Waals surface area contributed by atoms with E-state index < -0.39 is 15.8 Å². The number of ether oxygens (including phenoxy) is 1. The van der Waals surface area contributed by atoms with Crippen LogP contribution in [0.2, 0.25) is 0 Å². The zero-order valence-electron chi connectivity index (χ0n) is 11.3. The largest absolute Gasteiger partial charge is 0.494 e. The van der Waals surface area contributed by atoms with E-state index in [-0.39, 0.29) is 23.2 Å². The van der Waals surface area contributed by atoms with E-state index in [1.54, 1.807) is 0 Å². The lowest BCUT2D eigenvalue weighted by Crippen LogP contribution is -2.29. The van der Waals surface area contributed by atoms with Crippen LogP contribution in [0.1, 0.15) is 12.8 Å². The summed E-state index contributed by atoms with van der Waals surface area (Å²) >= 11 is 0. The fourth-order valence-electron chi connectivity index (χ4n) is 2.39. The molecule has 0 bridgehead atoms. The summed E-state index contributed by atoms with van der Waals surface area (Å²) in [6.07, 6.45) is 1.31. The molecule has 1 aliphatic rings. The minimum atomic E-state index is -3.68. The maximum Gasteiger partial charge on any atom is 0.243 e. The van der Waals surface area contributed by atoms with Crippen LogP contribution in [0.3, 0.4) is 0 Å². The molecule has 112 valence electrons. The number of aliphatic hydroxyl groups is 1. The highest BCUT2D eigenvalue weighted by Gasteiger charge is 2.32. The molecule has 0 radical (unpaired) electrons. The molecule has 1 atom stereocenters. The van der Waals surface area contributed by atoms with Gasteiger partial charge in [0.05, 0.1) is 12.0 Å². The summed E-state index contributed by atoms with van der Waals surface area (Å²) in [7, 11) is -2.36. The van der Waals surface area contributed by atoms with E-state index in [0.717, 1.165) is 12.5 Å². The number of aliphatic hydroxyl groups excluding tert-OH is 1. The Morgan fingerprint density at radius 1 is 1.50 bits per heavy atom. The van der Waals surface area contributed by atoms with Crippen LogP contribution in [0.15, 0.2) is 23.1 Å². The maximum atomic E-state index is 13.6. The Bertz CT molecular complexity index is 576. The second-order valence-electron chi connectivity index (χ2n) is 4.83. The predicted molar refractivity (Wildman–Crippen MR) is 71.5 cm³/mol. The third-order valence-electron chi connectivity index (χ3n) is 3.55. The fourth-order valence-corrected chi connectivity index (χ4v) is 3.93. The predicted octanol–water partition coefficient (Wildman–Crippen LogP) is 1.23. The van der Waals surface area contributed by atoms with E-state index in [9.17, 15) is 12.8 Å². The summed E-state index contributed by atoms with van der Waals surface area (Å²) in [4.78, 5) is -0.0690. The molecule has 0 saturated carbocycles. The molecule has 1 aliphatic heterocycles. The lowest BCUT2D eigenvalue weighted by atomic mass is 10.1. The molecule has 0 aromatic heterocycles. The lowest BCUT2D eigenvalue weighted by Gasteiger charge is -2.17. The maximum absolute atomic E-state index is 13.6. The number of sulfonamides is 1. The van der Waals surface area contributed by atoms with Crippen molar-refractivity contribution in [2.24, 2.45) is 5.92 Å². The number of halogens is 1. The minimum Gasteiger partial charge on any atom is -0.494 e. The smallest absolute Gasteiger partial charge is 0.243 e. The van der Waals surface area contributed by atoms with Gasteiger partial charge in [-0.15, -0.1) is 0 Å². The van der Waals surface area contributed by atoms with Crippen LogP contribution in [0, 0.1) is 11.7 Å². The second-order valence-corrected chi connectivity index (χ2v) is 6.76. The van der Waals surface area contributed by atoms with Gasteiger partial charge in [0.15, 0.2) is 11.6 Å². The van der Waals surface area contributed by atoms with Crippen LogP contribution in [-0.2, 0) is 10.0 Å². The van der Waals surface area contributed by atoms with Crippen LogP contribution in [0.5, 0.6) is 5.75 Å². The Kier molecular flexibility index (Phi) is 4.62. The molecule has 7 heteroatoms. The molecule has 1 aromatic carbocycles. The normalized spacial score (nSPS) is 20.2. The number of rotatable bonds is 5. The highest BCUT2D eigenvalue weighted by molar-refractivity contribution is 7.89. The van der Waals surface area contributed by atoms with Gasteiger partial charge < -0.3 is 9.84 Å². The fraction of sp³-hybridized carbons (Fsp3) is 0.538. The molecule has 1 heterocycles. The van der Waals surface area contributed by atoms with Gasteiger partial charge in [0.1, 0.15) is 0 Å². The quantitative estimate of drug-likeness (QED) is 0.888. The van der Waals surface area contributed by atoms with Crippen molar-refractivity contribution in [3.8, 4) is 5.75 Å². The molecule has 1 saturated heterocycles. The van der Waals surface area contributed by atoms with Gasteiger partial charge in [-0.2, -0.15) is 4.31 Å². The van der Waals surface area contributed by atoms with Gasteiger partial charge in [-0.1, -0.05) is 0 Å². The molecular weight excluding hydrogens is 285 g/mol. The number of benzene rings is 1. The summed E-state index contributed by atoms with van der Waals surface area (Å²) in [5.74, 6) is -0.513. The minimum absolute atomic E-state index is 0.0172. The molecule has 0 spiro atoms. The van der Waals surface area contributed by atoms with E-state index in [0.29, 0.717) is 19.5 Å². The first kappa shape index (κ1) is 15.2. The van der Waals surface area contributed by atoms with Crippen molar-refractivity contribution < 1.29 is 22.7 Å².